The fourth-order valence-electron chi connectivity index (χ4n) is 1.59. The molecule has 0 aromatic carbocycles. The quantitative estimate of drug-likeness (QED) is 0.463. The molecule has 1 rings (SSSR count). The van der Waals surface area contributed by atoms with Crippen LogP contribution in [-0.4, -0.2) is 12.8 Å². The maximum Gasteiger partial charge on any atom is 0.0360 e. The summed E-state index contributed by atoms with van der Waals surface area (Å²) in [5.41, 5.74) is 0. The predicted molar refractivity (Wildman–Crippen MR) is 59.2 cm³/mol. The minimum atomic E-state index is 0.622. The van der Waals surface area contributed by atoms with Crippen LogP contribution in [0.5, 0.6) is 0 Å². The van der Waals surface area contributed by atoms with Gasteiger partial charge in [0.1, 0.15) is 0 Å². The normalized spacial score (nSPS) is 29.1. The van der Waals surface area contributed by atoms with Crippen LogP contribution in [0, 0.1) is 11.8 Å². The summed E-state index contributed by atoms with van der Waals surface area (Å²) in [5.74, 6) is 1.41. The molecule has 0 spiro atoms. The molecule has 1 aliphatic carbocycles. The molecule has 2 atom stereocenters. The van der Waals surface area contributed by atoms with Gasteiger partial charge < -0.3 is 0 Å². The molecule has 2 unspecified atom stereocenters. The second kappa shape index (κ2) is 5.74. The number of hydrogen-bond acceptors (Lipinski definition) is 1. The van der Waals surface area contributed by atoms with Gasteiger partial charge in [-0.3, -0.25) is 4.99 Å². The first-order valence-electron chi connectivity index (χ1n) is 5.18. The lowest BCUT2D eigenvalue weighted by atomic mass is 9.85. The van der Waals surface area contributed by atoms with E-state index >= 15 is 0 Å². The lowest BCUT2D eigenvalue weighted by molar-refractivity contribution is 0.447. The molecule has 1 heteroatoms. The standard InChI is InChI=1S/C12H19N/c1-3-13-10-6-9-12-8-5-4-7-11(12)2/h5-6,8-12H,3-4,7H2,1-2H3/b9-6+,13-10?. The molecule has 0 heterocycles. The van der Waals surface area contributed by atoms with Gasteiger partial charge in [-0.2, -0.15) is 0 Å². The van der Waals surface area contributed by atoms with Gasteiger partial charge >= 0.3 is 0 Å². The van der Waals surface area contributed by atoms with Crippen molar-refractivity contribution in [1.29, 1.82) is 0 Å². The Bertz CT molecular complexity index is 213. The van der Waals surface area contributed by atoms with E-state index < -0.39 is 0 Å². The van der Waals surface area contributed by atoms with Crippen LogP contribution in [0.1, 0.15) is 26.7 Å². The summed E-state index contributed by atoms with van der Waals surface area (Å²) >= 11 is 0. The number of allylic oxidation sites excluding steroid dienone is 4. The van der Waals surface area contributed by atoms with Gasteiger partial charge in [0, 0.05) is 12.8 Å². The largest absolute Gasteiger partial charge is 0.293 e. The monoisotopic (exact) mass is 177 g/mol. The topological polar surface area (TPSA) is 12.4 Å². The van der Waals surface area contributed by atoms with Crippen LogP contribution in [0.15, 0.2) is 29.3 Å². The average Bonchev–Trinajstić information content (AvgIpc) is 2.15. The third-order valence-electron chi connectivity index (χ3n) is 2.51. The van der Waals surface area contributed by atoms with Crippen LogP contribution in [0.3, 0.4) is 0 Å². The molecule has 0 fully saturated rings. The minimum Gasteiger partial charge on any atom is -0.293 e. The third-order valence-corrected chi connectivity index (χ3v) is 2.51. The first kappa shape index (κ1) is 10.2. The summed E-state index contributed by atoms with van der Waals surface area (Å²) in [6, 6.07) is 0. The number of rotatable bonds is 3. The van der Waals surface area contributed by atoms with Crippen molar-refractivity contribution in [3.05, 3.63) is 24.3 Å². The fourth-order valence-corrected chi connectivity index (χ4v) is 1.59. The highest BCUT2D eigenvalue weighted by Crippen LogP contribution is 2.24. The molecule has 0 N–H and O–H groups in total. The summed E-state index contributed by atoms with van der Waals surface area (Å²) < 4.78 is 0. The van der Waals surface area contributed by atoms with E-state index in [0.717, 1.165) is 12.5 Å². The van der Waals surface area contributed by atoms with Crippen molar-refractivity contribution in [3.63, 3.8) is 0 Å². The SMILES string of the molecule is CCN=C/C=C/C1C=CCCC1C. The number of nitrogens with zero attached hydrogens (tertiary/aromatic N) is 1. The molecule has 0 aliphatic heterocycles. The molecule has 13 heavy (non-hydrogen) atoms. The van der Waals surface area contributed by atoms with Crippen LogP contribution in [0.25, 0.3) is 0 Å². The molecule has 0 aromatic heterocycles. The maximum absolute atomic E-state index is 4.15. The Kier molecular flexibility index (Phi) is 4.52. The van der Waals surface area contributed by atoms with Crippen LogP contribution in [0.2, 0.25) is 0 Å². The minimum absolute atomic E-state index is 0.622. The Balaban J connectivity index is 2.42. The second-order valence-corrected chi connectivity index (χ2v) is 3.59. The molecule has 1 aliphatic rings. The van der Waals surface area contributed by atoms with Crippen molar-refractivity contribution in [2.24, 2.45) is 16.8 Å². The summed E-state index contributed by atoms with van der Waals surface area (Å²) in [6.07, 6.45) is 13.4. The summed E-state index contributed by atoms with van der Waals surface area (Å²) in [6.45, 7) is 5.24. The Labute approximate surface area is 81.3 Å². The van der Waals surface area contributed by atoms with Crippen molar-refractivity contribution < 1.29 is 0 Å². The van der Waals surface area contributed by atoms with Crippen molar-refractivity contribution in [2.75, 3.05) is 6.54 Å². The van der Waals surface area contributed by atoms with Gasteiger partial charge in [-0.05, 0) is 37.7 Å². The summed E-state index contributed by atoms with van der Waals surface area (Å²) in [7, 11) is 0. The van der Waals surface area contributed by atoms with E-state index in [9.17, 15) is 0 Å². The number of hydrogen-bond donors (Lipinski definition) is 0. The van der Waals surface area contributed by atoms with Crippen LogP contribution < -0.4 is 0 Å². The average molecular weight is 177 g/mol. The zero-order valence-electron chi connectivity index (χ0n) is 8.61. The zero-order chi connectivity index (χ0) is 9.52. The van der Waals surface area contributed by atoms with Gasteiger partial charge in [0.2, 0.25) is 0 Å². The van der Waals surface area contributed by atoms with Gasteiger partial charge in [-0.15, -0.1) is 0 Å². The van der Waals surface area contributed by atoms with Gasteiger partial charge in [-0.25, -0.2) is 0 Å². The molecular formula is C12H19N. The Morgan fingerprint density at radius 2 is 2.38 bits per heavy atom. The summed E-state index contributed by atoms with van der Waals surface area (Å²) in [4.78, 5) is 4.15. The van der Waals surface area contributed by atoms with Crippen molar-refractivity contribution >= 4 is 6.21 Å². The molecule has 0 aromatic rings. The van der Waals surface area contributed by atoms with Gasteiger partial charge in [0.15, 0.2) is 0 Å². The second-order valence-electron chi connectivity index (χ2n) is 3.59. The molecule has 0 bridgehead atoms. The lowest BCUT2D eigenvalue weighted by Gasteiger charge is -2.20. The Hall–Kier alpha value is -0.850. The van der Waals surface area contributed by atoms with E-state index in [-0.39, 0.29) is 0 Å². The van der Waals surface area contributed by atoms with Crippen LogP contribution in [-0.2, 0) is 0 Å². The van der Waals surface area contributed by atoms with Gasteiger partial charge in [-0.1, -0.05) is 25.2 Å². The van der Waals surface area contributed by atoms with E-state index in [1.807, 2.05) is 13.1 Å². The smallest absolute Gasteiger partial charge is 0.0360 e. The Morgan fingerprint density at radius 1 is 1.54 bits per heavy atom. The molecular weight excluding hydrogens is 158 g/mol. The molecule has 0 saturated heterocycles. The lowest BCUT2D eigenvalue weighted by Crippen LogP contribution is -2.09. The van der Waals surface area contributed by atoms with Crippen molar-refractivity contribution in [1.82, 2.24) is 0 Å². The highest BCUT2D eigenvalue weighted by Gasteiger charge is 2.13. The molecule has 0 saturated carbocycles. The fraction of sp³-hybridized carbons (Fsp3) is 0.583. The van der Waals surface area contributed by atoms with Crippen LogP contribution in [0.4, 0.5) is 0 Å². The van der Waals surface area contributed by atoms with Crippen molar-refractivity contribution in [3.8, 4) is 0 Å². The summed E-state index contributed by atoms with van der Waals surface area (Å²) in [5, 5.41) is 0. The third kappa shape index (κ3) is 3.58. The predicted octanol–water partition coefficient (Wildman–Crippen LogP) is 3.24. The highest BCUT2D eigenvalue weighted by atomic mass is 14.7. The first-order valence-corrected chi connectivity index (χ1v) is 5.18. The van der Waals surface area contributed by atoms with E-state index in [4.69, 9.17) is 0 Å². The highest BCUT2D eigenvalue weighted by molar-refractivity contribution is 5.71. The molecule has 1 nitrogen and oxygen atoms in total. The van der Waals surface area contributed by atoms with Crippen LogP contribution >= 0.6 is 0 Å². The number of aliphatic imine (C=N–C) groups is 1. The zero-order valence-corrected chi connectivity index (χ0v) is 8.61. The van der Waals surface area contributed by atoms with E-state index in [2.05, 4.69) is 36.2 Å². The molecule has 0 amide bonds. The van der Waals surface area contributed by atoms with E-state index in [0.29, 0.717) is 5.92 Å². The maximum atomic E-state index is 4.15. The van der Waals surface area contributed by atoms with Gasteiger partial charge in [0.05, 0.1) is 0 Å². The first-order chi connectivity index (χ1) is 6.34. The van der Waals surface area contributed by atoms with E-state index in [1.165, 1.54) is 12.8 Å². The molecule has 0 radical (unpaired) electrons. The van der Waals surface area contributed by atoms with Gasteiger partial charge in [0.25, 0.3) is 0 Å². The molecule has 72 valence electrons. The Morgan fingerprint density at radius 3 is 3.08 bits per heavy atom. The van der Waals surface area contributed by atoms with Crippen molar-refractivity contribution in [2.45, 2.75) is 26.7 Å². The van der Waals surface area contributed by atoms with E-state index in [1.54, 1.807) is 0 Å².